The lowest BCUT2D eigenvalue weighted by molar-refractivity contribution is 0.0941. The molecule has 0 fully saturated rings. The molecule has 0 spiro atoms. The second-order valence-electron chi connectivity index (χ2n) is 5.02. The molecule has 0 aromatic carbocycles. The molecule has 3 heterocycles. The van der Waals surface area contributed by atoms with E-state index in [1.807, 2.05) is 48.9 Å². The Morgan fingerprint density at radius 3 is 2.70 bits per heavy atom. The van der Waals surface area contributed by atoms with Gasteiger partial charge in [0.15, 0.2) is 5.78 Å². The highest BCUT2D eigenvalue weighted by Crippen LogP contribution is 2.24. The van der Waals surface area contributed by atoms with E-state index in [0.29, 0.717) is 5.56 Å². The molecule has 100 valence electrons. The van der Waals surface area contributed by atoms with Gasteiger partial charge in [-0.3, -0.25) is 14.3 Å². The Bertz CT molecular complexity index is 760. The summed E-state index contributed by atoms with van der Waals surface area (Å²) in [5.41, 5.74) is 2.40. The van der Waals surface area contributed by atoms with Crippen molar-refractivity contribution in [3.63, 3.8) is 0 Å². The van der Waals surface area contributed by atoms with Gasteiger partial charge in [0, 0.05) is 35.5 Å². The summed E-state index contributed by atoms with van der Waals surface area (Å²) < 4.78 is 1.91. The first-order valence-corrected chi connectivity index (χ1v) is 6.59. The van der Waals surface area contributed by atoms with Crippen molar-refractivity contribution in [1.29, 1.82) is 0 Å². The van der Waals surface area contributed by atoms with Crippen molar-refractivity contribution in [2.75, 3.05) is 0 Å². The third kappa shape index (κ3) is 1.99. The molecule has 0 aliphatic heterocycles. The van der Waals surface area contributed by atoms with Gasteiger partial charge in [-0.15, -0.1) is 0 Å². The molecule has 4 heteroatoms. The lowest BCUT2D eigenvalue weighted by Crippen LogP contribution is -2.06. The third-order valence-electron chi connectivity index (χ3n) is 3.28. The predicted molar refractivity (Wildman–Crippen MR) is 78.0 cm³/mol. The molecular formula is C16H15N3O. The Hall–Kier alpha value is -2.49. The summed E-state index contributed by atoms with van der Waals surface area (Å²) in [5, 5.41) is 0.884. The zero-order valence-corrected chi connectivity index (χ0v) is 11.4. The Labute approximate surface area is 117 Å². The maximum absolute atomic E-state index is 12.3. The van der Waals surface area contributed by atoms with Gasteiger partial charge in [0.2, 0.25) is 0 Å². The fraction of sp³-hybridized carbons (Fsp3) is 0.188. The van der Waals surface area contributed by atoms with E-state index in [4.69, 9.17) is 0 Å². The molecule has 0 amide bonds. The van der Waals surface area contributed by atoms with E-state index in [-0.39, 0.29) is 11.7 Å². The van der Waals surface area contributed by atoms with Gasteiger partial charge in [-0.05, 0) is 24.3 Å². The van der Waals surface area contributed by atoms with Crippen LogP contribution in [0.1, 0.15) is 24.2 Å². The Kier molecular flexibility index (Phi) is 3.06. The molecule has 0 radical (unpaired) electrons. The number of pyridine rings is 2. The van der Waals surface area contributed by atoms with Crippen LogP contribution in [0.4, 0.5) is 0 Å². The van der Waals surface area contributed by atoms with E-state index in [9.17, 15) is 4.79 Å². The molecule has 0 bridgehead atoms. The molecule has 0 aliphatic rings. The average molecular weight is 265 g/mol. The van der Waals surface area contributed by atoms with Crippen LogP contribution >= 0.6 is 0 Å². The standard InChI is InChI=1S/C16H15N3O/c1-11(2)15(20)14-10-19(12-5-3-7-17-9-12)16-13(14)6-4-8-18-16/h3-11H,1-2H3. The van der Waals surface area contributed by atoms with Crippen LogP contribution in [0.25, 0.3) is 16.7 Å². The predicted octanol–water partition coefficient (Wildman–Crippen LogP) is 3.26. The summed E-state index contributed by atoms with van der Waals surface area (Å²) in [6.45, 7) is 3.82. The Morgan fingerprint density at radius 2 is 2.00 bits per heavy atom. The van der Waals surface area contributed by atoms with Gasteiger partial charge in [-0.1, -0.05) is 13.8 Å². The van der Waals surface area contributed by atoms with Crippen molar-refractivity contribution in [2.45, 2.75) is 13.8 Å². The van der Waals surface area contributed by atoms with E-state index in [1.54, 1.807) is 18.6 Å². The lowest BCUT2D eigenvalue weighted by atomic mass is 10.0. The van der Waals surface area contributed by atoms with Gasteiger partial charge in [0.1, 0.15) is 5.65 Å². The first-order valence-electron chi connectivity index (χ1n) is 6.59. The van der Waals surface area contributed by atoms with Crippen LogP contribution in [0.3, 0.4) is 0 Å². The second kappa shape index (κ2) is 4.89. The van der Waals surface area contributed by atoms with E-state index < -0.39 is 0 Å². The molecule has 3 rings (SSSR count). The van der Waals surface area contributed by atoms with E-state index >= 15 is 0 Å². The van der Waals surface area contributed by atoms with Crippen LogP contribution in [0, 0.1) is 5.92 Å². The number of hydrogen-bond donors (Lipinski definition) is 0. The number of carbonyl (C=O) groups excluding carboxylic acids is 1. The molecular weight excluding hydrogens is 250 g/mol. The number of Topliss-reactive ketones (excluding diaryl/α,β-unsaturated/α-hetero) is 1. The quantitative estimate of drug-likeness (QED) is 0.683. The third-order valence-corrected chi connectivity index (χ3v) is 3.28. The number of hydrogen-bond acceptors (Lipinski definition) is 3. The minimum absolute atomic E-state index is 0.0387. The van der Waals surface area contributed by atoms with E-state index in [0.717, 1.165) is 16.7 Å². The van der Waals surface area contributed by atoms with Crippen molar-refractivity contribution in [3.8, 4) is 5.69 Å². The van der Waals surface area contributed by atoms with Gasteiger partial charge in [-0.25, -0.2) is 4.98 Å². The minimum atomic E-state index is -0.0387. The number of ketones is 1. The largest absolute Gasteiger partial charge is 0.299 e. The van der Waals surface area contributed by atoms with Crippen LogP contribution in [0.15, 0.2) is 49.1 Å². The van der Waals surface area contributed by atoms with Crippen molar-refractivity contribution >= 4 is 16.8 Å². The lowest BCUT2D eigenvalue weighted by Gasteiger charge is -2.02. The summed E-state index contributed by atoms with van der Waals surface area (Å²) in [6, 6.07) is 7.61. The van der Waals surface area contributed by atoms with Gasteiger partial charge >= 0.3 is 0 Å². The summed E-state index contributed by atoms with van der Waals surface area (Å²) in [4.78, 5) is 20.9. The molecule has 0 aliphatic carbocycles. The Balaban J connectivity index is 2.27. The van der Waals surface area contributed by atoms with Crippen molar-refractivity contribution < 1.29 is 4.79 Å². The normalized spacial score (nSPS) is 11.2. The highest BCUT2D eigenvalue weighted by molar-refractivity contribution is 6.08. The number of rotatable bonds is 3. The molecule has 4 nitrogen and oxygen atoms in total. The van der Waals surface area contributed by atoms with Crippen LogP contribution in [-0.4, -0.2) is 20.3 Å². The van der Waals surface area contributed by atoms with E-state index in [1.165, 1.54) is 0 Å². The number of nitrogens with zero attached hydrogens (tertiary/aromatic N) is 3. The highest BCUT2D eigenvalue weighted by Gasteiger charge is 2.18. The molecule has 3 aromatic heterocycles. The minimum Gasteiger partial charge on any atom is -0.299 e. The zero-order valence-electron chi connectivity index (χ0n) is 11.4. The summed E-state index contributed by atoms with van der Waals surface area (Å²) >= 11 is 0. The molecule has 0 atom stereocenters. The maximum atomic E-state index is 12.3. The van der Waals surface area contributed by atoms with Crippen molar-refractivity contribution in [2.24, 2.45) is 5.92 Å². The van der Waals surface area contributed by atoms with Crippen LogP contribution < -0.4 is 0 Å². The van der Waals surface area contributed by atoms with Gasteiger partial charge in [0.05, 0.1) is 11.9 Å². The summed E-state index contributed by atoms with van der Waals surface area (Å²) in [7, 11) is 0. The van der Waals surface area contributed by atoms with Gasteiger partial charge < -0.3 is 0 Å². The fourth-order valence-corrected chi connectivity index (χ4v) is 2.26. The fourth-order valence-electron chi connectivity index (χ4n) is 2.26. The zero-order chi connectivity index (χ0) is 14.1. The average Bonchev–Trinajstić information content (AvgIpc) is 2.87. The molecule has 3 aromatic rings. The monoisotopic (exact) mass is 265 g/mol. The first kappa shape index (κ1) is 12.5. The van der Waals surface area contributed by atoms with Crippen LogP contribution in [-0.2, 0) is 0 Å². The number of fused-ring (bicyclic) bond motifs is 1. The second-order valence-corrected chi connectivity index (χ2v) is 5.02. The first-order chi connectivity index (χ1) is 9.68. The maximum Gasteiger partial charge on any atom is 0.167 e. The molecule has 0 N–H and O–H groups in total. The van der Waals surface area contributed by atoms with Gasteiger partial charge in [0.25, 0.3) is 0 Å². The highest BCUT2D eigenvalue weighted by atomic mass is 16.1. The Morgan fingerprint density at radius 1 is 1.20 bits per heavy atom. The summed E-state index contributed by atoms with van der Waals surface area (Å²) in [6.07, 6.45) is 7.08. The van der Waals surface area contributed by atoms with Crippen molar-refractivity contribution in [3.05, 3.63) is 54.6 Å². The number of carbonyl (C=O) groups is 1. The number of aromatic nitrogens is 3. The SMILES string of the molecule is CC(C)C(=O)c1cn(-c2cccnc2)c2ncccc12. The molecule has 0 saturated carbocycles. The topological polar surface area (TPSA) is 47.8 Å². The van der Waals surface area contributed by atoms with Crippen LogP contribution in [0.5, 0.6) is 0 Å². The molecule has 0 saturated heterocycles. The molecule has 20 heavy (non-hydrogen) atoms. The van der Waals surface area contributed by atoms with Crippen molar-refractivity contribution in [1.82, 2.24) is 14.5 Å². The molecule has 0 unspecified atom stereocenters. The smallest absolute Gasteiger partial charge is 0.167 e. The van der Waals surface area contributed by atoms with E-state index in [2.05, 4.69) is 9.97 Å². The summed E-state index contributed by atoms with van der Waals surface area (Å²) in [5.74, 6) is 0.0915. The van der Waals surface area contributed by atoms with Crippen LogP contribution in [0.2, 0.25) is 0 Å². The van der Waals surface area contributed by atoms with Gasteiger partial charge in [-0.2, -0.15) is 0 Å².